The number of halogens is 3. The van der Waals surface area contributed by atoms with Gasteiger partial charge in [-0.15, -0.1) is 0 Å². The Bertz CT molecular complexity index is 635. The van der Waals surface area contributed by atoms with Crippen LogP contribution in [0.1, 0.15) is 16.9 Å². The van der Waals surface area contributed by atoms with Crippen molar-refractivity contribution in [2.45, 2.75) is 18.6 Å². The highest BCUT2D eigenvalue weighted by atomic mass is 19.4. The summed E-state index contributed by atoms with van der Waals surface area (Å²) in [6, 6.07) is 1.67. The number of pyridine rings is 1. The Morgan fingerprint density at radius 2 is 2.26 bits per heavy atom. The largest absolute Gasteiger partial charge is 0.494 e. The lowest BCUT2D eigenvalue weighted by Gasteiger charge is -2.35. The summed E-state index contributed by atoms with van der Waals surface area (Å²) in [5.74, 6) is 0.138. The zero-order valence-corrected chi connectivity index (χ0v) is 12.8. The van der Waals surface area contributed by atoms with E-state index in [0.717, 1.165) is 25.2 Å². The van der Waals surface area contributed by atoms with Gasteiger partial charge < -0.3 is 19.9 Å². The zero-order chi connectivity index (χ0) is 16.8. The number of fused-ring (bicyclic) bond motifs is 4. The van der Waals surface area contributed by atoms with Crippen LogP contribution in [0.15, 0.2) is 6.07 Å². The van der Waals surface area contributed by atoms with E-state index in [1.165, 1.54) is 13.2 Å². The van der Waals surface area contributed by atoms with Crippen molar-refractivity contribution in [2.75, 3.05) is 43.6 Å². The third-order valence-electron chi connectivity index (χ3n) is 4.20. The van der Waals surface area contributed by atoms with Gasteiger partial charge in [-0.3, -0.25) is 4.79 Å². The molecule has 3 heterocycles. The summed E-state index contributed by atoms with van der Waals surface area (Å²) in [5.41, 5.74) is 0.704. The number of ether oxygens (including phenoxy) is 1. The van der Waals surface area contributed by atoms with Gasteiger partial charge in [0.15, 0.2) is 5.82 Å². The molecule has 23 heavy (non-hydrogen) atoms. The standard InChI is InChI=1S/C14H17F3N4O2/c1-20-8-3-4-21(6-8)11-10(23-2)5-9(19-12(11)20)13(22)18-7-14(15,16)17/h5,8H,3-4,6-7H2,1-2H3,(H,18,22)/t8-/m0/s1. The molecule has 9 heteroatoms. The van der Waals surface area contributed by atoms with Crippen molar-refractivity contribution >= 4 is 17.4 Å². The van der Waals surface area contributed by atoms with Crippen molar-refractivity contribution in [2.24, 2.45) is 0 Å². The van der Waals surface area contributed by atoms with Gasteiger partial charge in [0.25, 0.3) is 5.91 Å². The summed E-state index contributed by atoms with van der Waals surface area (Å²) in [6.07, 6.45) is -3.50. The molecule has 1 fully saturated rings. The molecule has 1 aromatic heterocycles. The number of anilines is 2. The van der Waals surface area contributed by atoms with E-state index in [9.17, 15) is 18.0 Å². The number of hydrogen-bond donors (Lipinski definition) is 1. The molecule has 1 aromatic rings. The number of hydrogen-bond acceptors (Lipinski definition) is 5. The normalized spacial score (nSPS) is 19.6. The molecule has 1 N–H and O–H groups in total. The number of aromatic nitrogens is 1. The number of carbonyl (C=O) groups is 1. The average molecular weight is 330 g/mol. The molecule has 1 saturated heterocycles. The van der Waals surface area contributed by atoms with Gasteiger partial charge in [0.2, 0.25) is 0 Å². The fourth-order valence-corrected chi connectivity index (χ4v) is 3.02. The van der Waals surface area contributed by atoms with E-state index in [1.54, 1.807) is 0 Å². The first-order valence-corrected chi connectivity index (χ1v) is 7.22. The maximum absolute atomic E-state index is 12.2. The Balaban J connectivity index is 1.94. The van der Waals surface area contributed by atoms with E-state index >= 15 is 0 Å². The summed E-state index contributed by atoms with van der Waals surface area (Å²) in [7, 11) is 3.34. The molecule has 0 saturated carbocycles. The van der Waals surface area contributed by atoms with Crippen LogP contribution in [0.2, 0.25) is 0 Å². The molecule has 0 aliphatic carbocycles. The molecule has 0 radical (unpaired) electrons. The molecular formula is C14H17F3N4O2. The highest BCUT2D eigenvalue weighted by Gasteiger charge is 2.38. The quantitative estimate of drug-likeness (QED) is 0.908. The van der Waals surface area contributed by atoms with E-state index in [4.69, 9.17) is 4.74 Å². The second-order valence-electron chi connectivity index (χ2n) is 5.68. The molecule has 0 spiro atoms. The molecule has 3 rings (SSSR count). The fraction of sp³-hybridized carbons (Fsp3) is 0.571. The lowest BCUT2D eigenvalue weighted by molar-refractivity contribution is -0.123. The monoisotopic (exact) mass is 330 g/mol. The number of rotatable bonds is 3. The third kappa shape index (κ3) is 2.87. The van der Waals surface area contributed by atoms with Crippen LogP contribution in [0.25, 0.3) is 0 Å². The van der Waals surface area contributed by atoms with E-state index in [2.05, 4.69) is 9.88 Å². The van der Waals surface area contributed by atoms with Crippen LogP contribution < -0.4 is 19.9 Å². The van der Waals surface area contributed by atoms with E-state index in [0.29, 0.717) is 11.6 Å². The summed E-state index contributed by atoms with van der Waals surface area (Å²) in [5, 5.41) is 1.84. The SMILES string of the molecule is COc1cc(C(=O)NCC(F)(F)F)nc2c1N1CC[C@@H](C1)N2C. The first kappa shape index (κ1) is 15.7. The van der Waals surface area contributed by atoms with Crippen LogP contribution in [0.4, 0.5) is 24.7 Å². The molecule has 1 amide bonds. The molecular weight excluding hydrogens is 313 g/mol. The summed E-state index contributed by atoms with van der Waals surface area (Å²) in [4.78, 5) is 20.3. The Kier molecular flexibility index (Phi) is 3.73. The van der Waals surface area contributed by atoms with Gasteiger partial charge in [-0.2, -0.15) is 13.2 Å². The number of likely N-dealkylation sites (N-methyl/N-ethyl adjacent to an activating group) is 1. The molecule has 2 aliphatic rings. The van der Waals surface area contributed by atoms with Crippen LogP contribution in [0.3, 0.4) is 0 Å². The van der Waals surface area contributed by atoms with Gasteiger partial charge in [-0.05, 0) is 6.42 Å². The first-order chi connectivity index (χ1) is 10.8. The van der Waals surface area contributed by atoms with Crippen molar-refractivity contribution < 1.29 is 22.7 Å². The second-order valence-corrected chi connectivity index (χ2v) is 5.68. The number of amides is 1. The third-order valence-corrected chi connectivity index (χ3v) is 4.20. The Morgan fingerprint density at radius 3 is 2.91 bits per heavy atom. The lowest BCUT2D eigenvalue weighted by atomic mass is 10.1. The highest BCUT2D eigenvalue weighted by Crippen LogP contribution is 2.44. The van der Waals surface area contributed by atoms with Crippen molar-refractivity contribution in [3.63, 3.8) is 0 Å². The predicted molar refractivity (Wildman–Crippen MR) is 78.2 cm³/mol. The van der Waals surface area contributed by atoms with Crippen molar-refractivity contribution in [3.05, 3.63) is 11.8 Å². The van der Waals surface area contributed by atoms with Gasteiger partial charge in [0.05, 0.1) is 7.11 Å². The Morgan fingerprint density at radius 1 is 1.52 bits per heavy atom. The minimum Gasteiger partial charge on any atom is -0.494 e. The summed E-state index contributed by atoms with van der Waals surface area (Å²) < 4.78 is 42.1. The van der Waals surface area contributed by atoms with Gasteiger partial charge in [0, 0.05) is 32.2 Å². The highest BCUT2D eigenvalue weighted by molar-refractivity contribution is 5.95. The average Bonchev–Trinajstić information content (AvgIpc) is 2.94. The van der Waals surface area contributed by atoms with Crippen molar-refractivity contribution in [3.8, 4) is 5.75 Å². The molecule has 2 aliphatic heterocycles. The second kappa shape index (κ2) is 5.47. The number of nitrogens with zero attached hydrogens (tertiary/aromatic N) is 3. The zero-order valence-electron chi connectivity index (χ0n) is 12.8. The maximum atomic E-state index is 12.2. The molecule has 126 valence electrons. The summed E-state index contributed by atoms with van der Waals surface area (Å²) >= 11 is 0. The van der Waals surface area contributed by atoms with Gasteiger partial charge >= 0.3 is 6.18 Å². The predicted octanol–water partition coefficient (Wildman–Crippen LogP) is 1.41. The number of methoxy groups -OCH3 is 1. The van der Waals surface area contributed by atoms with Crippen LogP contribution in [-0.2, 0) is 0 Å². The van der Waals surface area contributed by atoms with Crippen LogP contribution in [0, 0.1) is 0 Å². The molecule has 6 nitrogen and oxygen atoms in total. The topological polar surface area (TPSA) is 57.7 Å². The maximum Gasteiger partial charge on any atom is 0.405 e. The van der Waals surface area contributed by atoms with Gasteiger partial charge in [-0.25, -0.2) is 4.98 Å². The smallest absolute Gasteiger partial charge is 0.405 e. The number of nitrogens with one attached hydrogen (secondary N) is 1. The lowest BCUT2D eigenvalue weighted by Crippen LogP contribution is -2.41. The van der Waals surface area contributed by atoms with Crippen molar-refractivity contribution in [1.29, 1.82) is 0 Å². The van der Waals surface area contributed by atoms with Gasteiger partial charge in [-0.1, -0.05) is 0 Å². The Hall–Kier alpha value is -2.19. The fourth-order valence-electron chi connectivity index (χ4n) is 3.02. The number of alkyl halides is 3. The Labute approximate surface area is 131 Å². The van der Waals surface area contributed by atoms with Crippen LogP contribution in [0.5, 0.6) is 5.75 Å². The van der Waals surface area contributed by atoms with Crippen molar-refractivity contribution in [1.82, 2.24) is 10.3 Å². The van der Waals surface area contributed by atoms with E-state index in [-0.39, 0.29) is 11.7 Å². The van der Waals surface area contributed by atoms with Crippen LogP contribution >= 0.6 is 0 Å². The van der Waals surface area contributed by atoms with Gasteiger partial charge in [0.1, 0.15) is 23.7 Å². The van der Waals surface area contributed by atoms with E-state index in [1.807, 2.05) is 17.3 Å². The molecule has 0 aromatic carbocycles. The minimum absolute atomic E-state index is 0.0841. The van der Waals surface area contributed by atoms with Crippen LogP contribution in [-0.4, -0.2) is 56.9 Å². The first-order valence-electron chi connectivity index (χ1n) is 7.22. The molecule has 2 bridgehead atoms. The molecule has 1 atom stereocenters. The van der Waals surface area contributed by atoms with E-state index < -0.39 is 18.6 Å². The minimum atomic E-state index is -4.46. The summed E-state index contributed by atoms with van der Waals surface area (Å²) in [6.45, 7) is 0.318. The number of carbonyl (C=O) groups excluding carboxylic acids is 1. The molecule has 0 unspecified atom stereocenters.